The Labute approximate surface area is 155 Å². The SMILES string of the molecule is CCc1cc(CCc2ccc(OC(C)=O)c(CC)c2)ccc1OC(C)=O. The van der Waals surface area contributed by atoms with Crippen molar-refractivity contribution in [3.05, 3.63) is 58.7 Å². The molecule has 0 aliphatic heterocycles. The van der Waals surface area contributed by atoms with Crippen LogP contribution in [0.1, 0.15) is 49.9 Å². The van der Waals surface area contributed by atoms with Gasteiger partial charge in [0.15, 0.2) is 0 Å². The van der Waals surface area contributed by atoms with Gasteiger partial charge in [0.2, 0.25) is 0 Å². The summed E-state index contributed by atoms with van der Waals surface area (Å²) in [5.41, 5.74) is 4.49. The smallest absolute Gasteiger partial charge is 0.308 e. The number of hydrogen-bond acceptors (Lipinski definition) is 4. The predicted octanol–water partition coefficient (Wildman–Crippen LogP) is 4.45. The number of carbonyl (C=O) groups excluding carboxylic acids is 2. The van der Waals surface area contributed by atoms with Crippen molar-refractivity contribution in [1.82, 2.24) is 0 Å². The van der Waals surface area contributed by atoms with Crippen LogP contribution in [0.15, 0.2) is 36.4 Å². The van der Waals surface area contributed by atoms with Gasteiger partial charge < -0.3 is 9.47 Å². The predicted molar refractivity (Wildman–Crippen MR) is 102 cm³/mol. The molecule has 2 aromatic rings. The van der Waals surface area contributed by atoms with E-state index in [-0.39, 0.29) is 11.9 Å². The van der Waals surface area contributed by atoms with Crippen LogP contribution in [0.5, 0.6) is 11.5 Å². The van der Waals surface area contributed by atoms with Gasteiger partial charge in [-0.05, 0) is 60.1 Å². The van der Waals surface area contributed by atoms with E-state index < -0.39 is 0 Å². The van der Waals surface area contributed by atoms with Gasteiger partial charge in [-0.25, -0.2) is 0 Å². The van der Waals surface area contributed by atoms with Crippen LogP contribution < -0.4 is 9.47 Å². The number of esters is 2. The second kappa shape index (κ2) is 9.18. The third kappa shape index (κ3) is 5.45. The zero-order valence-electron chi connectivity index (χ0n) is 15.9. The fraction of sp³-hybridized carbons (Fsp3) is 0.364. The van der Waals surface area contributed by atoms with Gasteiger partial charge in [-0.15, -0.1) is 0 Å². The van der Waals surface area contributed by atoms with E-state index in [0.717, 1.165) is 36.8 Å². The Morgan fingerprint density at radius 3 is 1.42 bits per heavy atom. The number of aryl methyl sites for hydroxylation is 4. The third-order valence-electron chi connectivity index (χ3n) is 4.22. The number of hydrogen-bond donors (Lipinski definition) is 0. The van der Waals surface area contributed by atoms with E-state index >= 15 is 0 Å². The first kappa shape index (κ1) is 19.7. The first-order valence-electron chi connectivity index (χ1n) is 9.03. The van der Waals surface area contributed by atoms with Gasteiger partial charge in [0.25, 0.3) is 0 Å². The summed E-state index contributed by atoms with van der Waals surface area (Å²) in [5.74, 6) is 0.685. The lowest BCUT2D eigenvalue weighted by Gasteiger charge is -2.12. The molecule has 138 valence electrons. The van der Waals surface area contributed by atoms with Crippen molar-refractivity contribution < 1.29 is 19.1 Å². The van der Waals surface area contributed by atoms with Crippen molar-refractivity contribution in [2.24, 2.45) is 0 Å². The van der Waals surface area contributed by atoms with Crippen molar-refractivity contribution >= 4 is 11.9 Å². The zero-order chi connectivity index (χ0) is 19.1. The van der Waals surface area contributed by atoms with E-state index in [1.807, 2.05) is 38.1 Å². The summed E-state index contributed by atoms with van der Waals surface area (Å²) in [6.07, 6.45) is 3.41. The van der Waals surface area contributed by atoms with Crippen LogP contribution >= 0.6 is 0 Å². The molecule has 0 aliphatic rings. The number of benzene rings is 2. The van der Waals surface area contributed by atoms with Gasteiger partial charge in [0.1, 0.15) is 11.5 Å². The minimum absolute atomic E-state index is 0.299. The van der Waals surface area contributed by atoms with Gasteiger partial charge >= 0.3 is 11.9 Å². The van der Waals surface area contributed by atoms with E-state index in [2.05, 4.69) is 12.1 Å². The molecule has 0 N–H and O–H groups in total. The lowest BCUT2D eigenvalue weighted by atomic mass is 9.99. The Morgan fingerprint density at radius 2 is 1.12 bits per heavy atom. The minimum Gasteiger partial charge on any atom is -0.426 e. The normalized spacial score (nSPS) is 10.5. The first-order chi connectivity index (χ1) is 12.4. The summed E-state index contributed by atoms with van der Waals surface area (Å²) in [6.45, 7) is 6.93. The minimum atomic E-state index is -0.299. The molecule has 26 heavy (non-hydrogen) atoms. The molecule has 0 bridgehead atoms. The molecular weight excluding hydrogens is 328 g/mol. The summed E-state index contributed by atoms with van der Waals surface area (Å²) in [7, 11) is 0. The van der Waals surface area contributed by atoms with Gasteiger partial charge in [-0.3, -0.25) is 9.59 Å². The van der Waals surface area contributed by atoms with E-state index in [0.29, 0.717) is 11.5 Å². The Bertz CT molecular complexity index is 725. The molecule has 0 radical (unpaired) electrons. The largest absolute Gasteiger partial charge is 0.426 e. The highest BCUT2D eigenvalue weighted by Crippen LogP contribution is 2.24. The monoisotopic (exact) mass is 354 g/mol. The number of ether oxygens (including phenoxy) is 2. The van der Waals surface area contributed by atoms with Gasteiger partial charge in [0.05, 0.1) is 0 Å². The highest BCUT2D eigenvalue weighted by Gasteiger charge is 2.09. The number of rotatable bonds is 7. The van der Waals surface area contributed by atoms with Crippen LogP contribution in [-0.2, 0) is 35.3 Å². The zero-order valence-corrected chi connectivity index (χ0v) is 15.9. The summed E-state index contributed by atoms with van der Waals surface area (Å²) >= 11 is 0. The Morgan fingerprint density at radius 1 is 0.731 bits per heavy atom. The van der Waals surface area contributed by atoms with Crippen LogP contribution in [-0.4, -0.2) is 11.9 Å². The highest BCUT2D eigenvalue weighted by molar-refractivity contribution is 5.70. The van der Waals surface area contributed by atoms with Crippen LogP contribution in [0.2, 0.25) is 0 Å². The summed E-state index contributed by atoms with van der Waals surface area (Å²) < 4.78 is 10.5. The molecule has 0 amide bonds. The molecule has 4 heteroatoms. The standard InChI is InChI=1S/C22H26O4/c1-5-19-13-17(9-11-21(19)25-15(3)23)7-8-18-10-12-22(26-16(4)24)20(6-2)14-18/h9-14H,5-8H2,1-4H3. The van der Waals surface area contributed by atoms with Gasteiger partial charge in [-0.1, -0.05) is 38.1 Å². The van der Waals surface area contributed by atoms with Crippen LogP contribution in [0, 0.1) is 0 Å². The average Bonchev–Trinajstić information content (AvgIpc) is 2.60. The molecule has 0 saturated carbocycles. The van der Waals surface area contributed by atoms with Crippen molar-refractivity contribution in [1.29, 1.82) is 0 Å². The average molecular weight is 354 g/mol. The third-order valence-corrected chi connectivity index (χ3v) is 4.22. The molecule has 0 aliphatic carbocycles. The summed E-state index contributed by atoms with van der Waals surface area (Å²) in [5, 5.41) is 0. The molecule has 0 spiro atoms. The Balaban J connectivity index is 2.10. The second-order valence-corrected chi connectivity index (χ2v) is 6.28. The molecule has 0 atom stereocenters. The Kier molecular flexibility index (Phi) is 6.96. The van der Waals surface area contributed by atoms with Gasteiger partial charge in [-0.2, -0.15) is 0 Å². The number of carbonyl (C=O) groups is 2. The maximum absolute atomic E-state index is 11.2. The molecule has 4 nitrogen and oxygen atoms in total. The van der Waals surface area contributed by atoms with Crippen molar-refractivity contribution in [2.45, 2.75) is 53.4 Å². The second-order valence-electron chi connectivity index (χ2n) is 6.28. The highest BCUT2D eigenvalue weighted by atomic mass is 16.5. The molecule has 0 saturated heterocycles. The Hall–Kier alpha value is -2.62. The molecule has 0 aromatic heterocycles. The van der Waals surface area contributed by atoms with Crippen molar-refractivity contribution in [3.8, 4) is 11.5 Å². The topological polar surface area (TPSA) is 52.6 Å². The van der Waals surface area contributed by atoms with Crippen molar-refractivity contribution in [2.75, 3.05) is 0 Å². The maximum Gasteiger partial charge on any atom is 0.308 e. The molecule has 0 fully saturated rings. The van der Waals surface area contributed by atoms with Crippen LogP contribution in [0.3, 0.4) is 0 Å². The van der Waals surface area contributed by atoms with E-state index in [4.69, 9.17) is 9.47 Å². The molecule has 2 rings (SSSR count). The fourth-order valence-corrected chi connectivity index (χ4v) is 2.93. The first-order valence-corrected chi connectivity index (χ1v) is 9.03. The molecule has 0 unspecified atom stereocenters. The lowest BCUT2D eigenvalue weighted by molar-refractivity contribution is -0.132. The maximum atomic E-state index is 11.2. The molecule has 0 heterocycles. The van der Waals surface area contributed by atoms with Crippen molar-refractivity contribution in [3.63, 3.8) is 0 Å². The summed E-state index contributed by atoms with van der Waals surface area (Å²) in [4.78, 5) is 22.4. The van der Waals surface area contributed by atoms with E-state index in [9.17, 15) is 9.59 Å². The molecule has 2 aromatic carbocycles. The summed E-state index contributed by atoms with van der Waals surface area (Å²) in [6, 6.07) is 12.0. The van der Waals surface area contributed by atoms with Crippen LogP contribution in [0.4, 0.5) is 0 Å². The lowest BCUT2D eigenvalue weighted by Crippen LogP contribution is -2.05. The van der Waals surface area contributed by atoms with E-state index in [1.54, 1.807) is 0 Å². The van der Waals surface area contributed by atoms with Crippen LogP contribution in [0.25, 0.3) is 0 Å². The van der Waals surface area contributed by atoms with E-state index in [1.165, 1.54) is 25.0 Å². The van der Waals surface area contributed by atoms with Gasteiger partial charge in [0, 0.05) is 13.8 Å². The fourth-order valence-electron chi connectivity index (χ4n) is 2.93. The quantitative estimate of drug-likeness (QED) is 0.545. The molecular formula is C22H26O4.